The zero-order valence-corrected chi connectivity index (χ0v) is 22.3. The molecule has 1 saturated carbocycles. The van der Waals surface area contributed by atoms with Gasteiger partial charge in [0, 0.05) is 25.0 Å². The van der Waals surface area contributed by atoms with E-state index in [9.17, 15) is 5.11 Å². The van der Waals surface area contributed by atoms with Gasteiger partial charge in [-0.25, -0.2) is 0 Å². The SMILES string of the molecule is CC.CCN(CC(C1=CC=C(OCc2ccccc2)C(Cl)C=C1)C1(O)CCCCC1)C[C@@H](C)N. The lowest BCUT2D eigenvalue weighted by Gasteiger charge is -2.42. The molecule has 34 heavy (non-hydrogen) atoms. The molecular formula is C29H45ClN2O2. The Kier molecular flexibility index (Phi) is 12.4. The molecule has 2 aliphatic carbocycles. The number of allylic oxidation sites excluding steroid dienone is 4. The van der Waals surface area contributed by atoms with Gasteiger partial charge >= 0.3 is 0 Å². The summed E-state index contributed by atoms with van der Waals surface area (Å²) in [7, 11) is 0. The number of likely N-dealkylation sites (N-methyl/N-ethyl adjacent to an activating group) is 1. The van der Waals surface area contributed by atoms with Crippen LogP contribution in [0, 0.1) is 5.92 Å². The van der Waals surface area contributed by atoms with Crippen LogP contribution < -0.4 is 5.73 Å². The first-order valence-electron chi connectivity index (χ1n) is 13.0. The summed E-state index contributed by atoms with van der Waals surface area (Å²) in [5, 5.41) is 11.4. The minimum Gasteiger partial charge on any atom is -0.491 e. The predicted octanol–water partition coefficient (Wildman–Crippen LogP) is 6.20. The summed E-state index contributed by atoms with van der Waals surface area (Å²) in [5.41, 5.74) is 7.62. The van der Waals surface area contributed by atoms with Gasteiger partial charge in [0.2, 0.25) is 0 Å². The topological polar surface area (TPSA) is 58.7 Å². The third kappa shape index (κ3) is 8.57. The van der Waals surface area contributed by atoms with E-state index in [-0.39, 0.29) is 17.3 Å². The molecule has 3 atom stereocenters. The summed E-state index contributed by atoms with van der Waals surface area (Å²) < 4.78 is 6.06. The normalized spacial score (nSPS) is 21.5. The second kappa shape index (κ2) is 14.7. The van der Waals surface area contributed by atoms with Crippen molar-refractivity contribution in [2.45, 2.75) is 83.4 Å². The van der Waals surface area contributed by atoms with Crippen molar-refractivity contribution in [2.75, 3.05) is 19.6 Å². The van der Waals surface area contributed by atoms with Crippen molar-refractivity contribution in [1.29, 1.82) is 0 Å². The molecule has 0 heterocycles. The van der Waals surface area contributed by atoms with Crippen LogP contribution in [0.3, 0.4) is 0 Å². The third-order valence-corrected chi connectivity index (χ3v) is 6.98. The molecular weight excluding hydrogens is 444 g/mol. The summed E-state index contributed by atoms with van der Waals surface area (Å²) in [6.07, 6.45) is 13.2. The Balaban J connectivity index is 0.00000199. The maximum atomic E-state index is 11.7. The van der Waals surface area contributed by atoms with Gasteiger partial charge < -0.3 is 20.5 Å². The molecule has 0 saturated heterocycles. The van der Waals surface area contributed by atoms with E-state index in [0.29, 0.717) is 6.61 Å². The zero-order valence-electron chi connectivity index (χ0n) is 21.6. The Morgan fingerprint density at radius 1 is 1.12 bits per heavy atom. The second-order valence-electron chi connectivity index (χ2n) is 9.32. The molecule has 3 rings (SSSR count). The maximum absolute atomic E-state index is 11.7. The van der Waals surface area contributed by atoms with E-state index in [4.69, 9.17) is 22.1 Å². The van der Waals surface area contributed by atoms with Crippen LogP contribution in [-0.2, 0) is 11.3 Å². The highest BCUT2D eigenvalue weighted by molar-refractivity contribution is 6.23. The molecule has 0 amide bonds. The number of ether oxygens (including phenoxy) is 1. The molecule has 2 aliphatic rings. The molecule has 1 aromatic rings. The van der Waals surface area contributed by atoms with Crippen LogP contribution in [0.2, 0.25) is 0 Å². The molecule has 190 valence electrons. The van der Waals surface area contributed by atoms with Gasteiger partial charge in [-0.2, -0.15) is 0 Å². The van der Waals surface area contributed by atoms with Crippen LogP contribution in [0.4, 0.5) is 0 Å². The van der Waals surface area contributed by atoms with Crippen LogP contribution in [0.15, 0.2) is 66.0 Å². The molecule has 2 unspecified atom stereocenters. The van der Waals surface area contributed by atoms with Crippen molar-refractivity contribution in [3.05, 3.63) is 71.5 Å². The number of rotatable bonds is 10. The Hall–Kier alpha value is -1.59. The predicted molar refractivity (Wildman–Crippen MR) is 145 cm³/mol. The smallest absolute Gasteiger partial charge is 0.118 e. The lowest BCUT2D eigenvalue weighted by Crippen LogP contribution is -2.48. The Bertz CT molecular complexity index is 798. The summed E-state index contributed by atoms with van der Waals surface area (Å²) >= 11 is 6.64. The van der Waals surface area contributed by atoms with Crippen LogP contribution in [-0.4, -0.2) is 46.7 Å². The van der Waals surface area contributed by atoms with Gasteiger partial charge in [-0.3, -0.25) is 0 Å². The van der Waals surface area contributed by atoms with Gasteiger partial charge in [-0.15, -0.1) is 11.6 Å². The average molecular weight is 489 g/mol. The quantitative estimate of drug-likeness (QED) is 0.385. The number of nitrogens with two attached hydrogens (primary N) is 1. The van der Waals surface area contributed by atoms with E-state index in [2.05, 4.69) is 24.0 Å². The first-order valence-corrected chi connectivity index (χ1v) is 13.5. The van der Waals surface area contributed by atoms with E-state index in [0.717, 1.165) is 62.2 Å². The number of aliphatic hydroxyl groups is 1. The van der Waals surface area contributed by atoms with E-state index in [1.807, 2.05) is 63.3 Å². The Labute approximate surface area is 212 Å². The summed E-state index contributed by atoms with van der Waals surface area (Å²) in [5.74, 6) is 0.741. The van der Waals surface area contributed by atoms with E-state index >= 15 is 0 Å². The molecule has 1 aromatic carbocycles. The van der Waals surface area contributed by atoms with E-state index in [1.54, 1.807) is 0 Å². The van der Waals surface area contributed by atoms with Crippen molar-refractivity contribution < 1.29 is 9.84 Å². The maximum Gasteiger partial charge on any atom is 0.118 e. The van der Waals surface area contributed by atoms with Gasteiger partial charge in [0.1, 0.15) is 17.7 Å². The van der Waals surface area contributed by atoms with Gasteiger partial charge in [0.05, 0.1) is 5.60 Å². The highest BCUT2D eigenvalue weighted by Crippen LogP contribution is 2.39. The first kappa shape index (κ1) is 28.6. The fourth-order valence-corrected chi connectivity index (χ4v) is 5.02. The highest BCUT2D eigenvalue weighted by Gasteiger charge is 2.40. The zero-order chi connectivity index (χ0) is 25.0. The number of halogens is 1. The lowest BCUT2D eigenvalue weighted by molar-refractivity contribution is -0.0453. The Morgan fingerprint density at radius 3 is 2.41 bits per heavy atom. The molecule has 4 nitrogen and oxygen atoms in total. The molecule has 0 radical (unpaired) electrons. The molecule has 1 fully saturated rings. The third-order valence-electron chi connectivity index (χ3n) is 6.62. The Morgan fingerprint density at radius 2 is 1.79 bits per heavy atom. The van der Waals surface area contributed by atoms with Crippen LogP contribution in [0.1, 0.15) is 65.4 Å². The average Bonchev–Trinajstić information content (AvgIpc) is 3.03. The monoisotopic (exact) mass is 488 g/mol. The van der Waals surface area contributed by atoms with Crippen LogP contribution in [0.25, 0.3) is 0 Å². The number of hydrogen-bond acceptors (Lipinski definition) is 4. The number of hydrogen-bond donors (Lipinski definition) is 2. The highest BCUT2D eigenvalue weighted by atomic mass is 35.5. The minimum atomic E-state index is -0.704. The molecule has 0 spiro atoms. The first-order chi connectivity index (χ1) is 16.4. The van der Waals surface area contributed by atoms with Gasteiger partial charge in [-0.05, 0) is 43.5 Å². The fourth-order valence-electron chi connectivity index (χ4n) is 4.81. The molecule has 0 aromatic heterocycles. The number of benzene rings is 1. The van der Waals surface area contributed by atoms with Crippen LogP contribution >= 0.6 is 11.6 Å². The van der Waals surface area contributed by atoms with Crippen molar-refractivity contribution in [3.8, 4) is 0 Å². The molecule has 3 N–H and O–H groups in total. The molecule has 0 bridgehead atoms. The fraction of sp³-hybridized carbons (Fsp3) is 0.586. The van der Waals surface area contributed by atoms with Crippen molar-refractivity contribution >= 4 is 11.6 Å². The molecule has 0 aliphatic heterocycles. The van der Waals surface area contributed by atoms with Gasteiger partial charge in [0.15, 0.2) is 0 Å². The summed E-state index contributed by atoms with van der Waals surface area (Å²) in [4.78, 5) is 2.36. The van der Waals surface area contributed by atoms with E-state index in [1.165, 1.54) is 6.42 Å². The van der Waals surface area contributed by atoms with Gasteiger partial charge in [0.25, 0.3) is 0 Å². The van der Waals surface area contributed by atoms with E-state index < -0.39 is 5.60 Å². The number of nitrogens with zero attached hydrogens (tertiary/aromatic N) is 1. The largest absolute Gasteiger partial charge is 0.491 e. The number of alkyl halides is 1. The summed E-state index contributed by atoms with van der Waals surface area (Å²) in [6, 6.07) is 10.2. The van der Waals surface area contributed by atoms with Crippen LogP contribution in [0.5, 0.6) is 0 Å². The van der Waals surface area contributed by atoms with Crippen molar-refractivity contribution in [2.24, 2.45) is 11.7 Å². The second-order valence-corrected chi connectivity index (χ2v) is 9.79. The van der Waals surface area contributed by atoms with Crippen molar-refractivity contribution in [3.63, 3.8) is 0 Å². The summed E-state index contributed by atoms with van der Waals surface area (Å²) in [6.45, 7) is 11.2. The van der Waals surface area contributed by atoms with Gasteiger partial charge in [-0.1, -0.05) is 88.6 Å². The lowest BCUT2D eigenvalue weighted by atomic mass is 9.72. The van der Waals surface area contributed by atoms with Crippen molar-refractivity contribution in [1.82, 2.24) is 4.90 Å². The molecule has 5 heteroatoms. The minimum absolute atomic E-state index is 0.00587. The standard InChI is InChI=1S/C27H39ClN2O2.C2H6/c1-3-30(18-21(2)29)19-24(27(31)16-8-5-9-17-27)23-12-14-25(28)26(15-13-23)32-20-22-10-6-4-7-11-22;1-2/h4,6-7,10-15,21,24-25,31H,3,5,8-9,16-20,29H2,1-2H3;1-2H3/t21-,24?,25?;/m1./s1.